The third-order valence-corrected chi connectivity index (χ3v) is 4.43. The zero-order valence-electron chi connectivity index (χ0n) is 14.2. The molecule has 3 aromatic rings. The summed E-state index contributed by atoms with van der Waals surface area (Å²) < 4.78 is 9.74. The molecule has 8 heteroatoms. The Morgan fingerprint density at radius 3 is 2.96 bits per heavy atom. The van der Waals surface area contributed by atoms with Crippen LogP contribution in [0.2, 0.25) is 0 Å². The Balaban J connectivity index is 1.57. The fraction of sp³-hybridized carbons (Fsp3) is 0.500. The first-order valence-electron chi connectivity index (χ1n) is 8.12. The van der Waals surface area contributed by atoms with Crippen molar-refractivity contribution in [1.82, 2.24) is 29.5 Å². The maximum Gasteiger partial charge on any atom is 0.163 e. The van der Waals surface area contributed by atoms with Crippen LogP contribution in [0.15, 0.2) is 18.6 Å². The van der Waals surface area contributed by atoms with E-state index in [2.05, 4.69) is 38.1 Å². The van der Waals surface area contributed by atoms with E-state index in [4.69, 9.17) is 4.74 Å². The maximum atomic E-state index is 5.95. The Bertz CT molecular complexity index is 869. The maximum absolute atomic E-state index is 5.95. The van der Waals surface area contributed by atoms with Crippen molar-refractivity contribution < 1.29 is 4.74 Å². The highest BCUT2D eigenvalue weighted by Crippen LogP contribution is 2.24. The molecule has 0 bridgehead atoms. The molecule has 3 aromatic heterocycles. The van der Waals surface area contributed by atoms with Crippen LogP contribution >= 0.6 is 0 Å². The van der Waals surface area contributed by atoms with Gasteiger partial charge < -0.3 is 9.64 Å². The van der Waals surface area contributed by atoms with Crippen LogP contribution in [0.4, 0.5) is 5.82 Å². The first-order valence-corrected chi connectivity index (χ1v) is 8.12. The molecule has 1 aliphatic heterocycles. The molecular weight excluding hydrogens is 306 g/mol. The third-order valence-electron chi connectivity index (χ3n) is 4.43. The van der Waals surface area contributed by atoms with Gasteiger partial charge >= 0.3 is 0 Å². The van der Waals surface area contributed by atoms with Crippen LogP contribution in [0.5, 0.6) is 0 Å². The molecule has 1 aliphatic rings. The van der Waals surface area contributed by atoms with Gasteiger partial charge in [0.05, 0.1) is 36.5 Å². The molecule has 1 atom stereocenters. The van der Waals surface area contributed by atoms with Gasteiger partial charge in [0.1, 0.15) is 12.1 Å². The molecule has 126 valence electrons. The summed E-state index contributed by atoms with van der Waals surface area (Å²) in [5, 5.41) is 9.81. The molecule has 0 radical (unpaired) electrons. The normalized spacial score (nSPS) is 18.5. The summed E-state index contributed by atoms with van der Waals surface area (Å²) in [5.74, 6) is 0.926. The molecule has 24 heavy (non-hydrogen) atoms. The summed E-state index contributed by atoms with van der Waals surface area (Å²) in [6, 6.07) is 2.09. The largest absolute Gasteiger partial charge is 0.373 e. The second kappa shape index (κ2) is 5.86. The predicted molar refractivity (Wildman–Crippen MR) is 90.0 cm³/mol. The van der Waals surface area contributed by atoms with Crippen LogP contribution in [0, 0.1) is 13.8 Å². The van der Waals surface area contributed by atoms with Gasteiger partial charge in [-0.1, -0.05) is 0 Å². The number of hydrogen-bond donors (Lipinski definition) is 0. The summed E-state index contributed by atoms with van der Waals surface area (Å²) in [7, 11) is 1.89. The minimum atomic E-state index is 0.0819. The number of morpholine rings is 1. The van der Waals surface area contributed by atoms with Gasteiger partial charge in [-0.05, 0) is 19.9 Å². The Labute approximate surface area is 140 Å². The standard InChI is InChI=1S/C16H21N7O/c1-11-6-12(2)23(20-11)9-13-8-22(4-5-24-13)16-14-7-19-21(3)15(14)17-10-18-16/h6-7,10,13H,4-5,8-9H2,1-3H3/t13-/m1/s1. The molecule has 0 spiro atoms. The first kappa shape index (κ1) is 15.1. The number of rotatable bonds is 3. The quantitative estimate of drug-likeness (QED) is 0.717. The fourth-order valence-electron chi connectivity index (χ4n) is 3.28. The van der Waals surface area contributed by atoms with E-state index in [9.17, 15) is 0 Å². The van der Waals surface area contributed by atoms with Crippen molar-refractivity contribution in [3.63, 3.8) is 0 Å². The number of hydrogen-bond acceptors (Lipinski definition) is 6. The van der Waals surface area contributed by atoms with Gasteiger partial charge in [0, 0.05) is 25.8 Å². The zero-order valence-corrected chi connectivity index (χ0v) is 14.2. The number of aromatic nitrogens is 6. The van der Waals surface area contributed by atoms with E-state index in [1.165, 1.54) is 0 Å². The number of aryl methyl sites for hydroxylation is 3. The van der Waals surface area contributed by atoms with Gasteiger partial charge in [0.15, 0.2) is 5.65 Å². The van der Waals surface area contributed by atoms with Crippen molar-refractivity contribution in [3.8, 4) is 0 Å². The van der Waals surface area contributed by atoms with Gasteiger partial charge in [-0.15, -0.1) is 0 Å². The number of nitrogens with zero attached hydrogens (tertiary/aromatic N) is 7. The first-order chi connectivity index (χ1) is 11.6. The summed E-state index contributed by atoms with van der Waals surface area (Å²) in [6.45, 7) is 7.10. The smallest absolute Gasteiger partial charge is 0.163 e. The second-order valence-corrected chi connectivity index (χ2v) is 6.25. The van der Waals surface area contributed by atoms with Crippen molar-refractivity contribution in [2.45, 2.75) is 26.5 Å². The molecule has 0 N–H and O–H groups in total. The lowest BCUT2D eigenvalue weighted by atomic mass is 10.2. The summed E-state index contributed by atoms with van der Waals surface area (Å²) in [6.07, 6.45) is 3.51. The summed E-state index contributed by atoms with van der Waals surface area (Å²) >= 11 is 0. The van der Waals surface area contributed by atoms with E-state index in [-0.39, 0.29) is 6.10 Å². The van der Waals surface area contributed by atoms with Crippen molar-refractivity contribution in [2.75, 3.05) is 24.6 Å². The average molecular weight is 327 g/mol. The van der Waals surface area contributed by atoms with Crippen molar-refractivity contribution in [1.29, 1.82) is 0 Å². The second-order valence-electron chi connectivity index (χ2n) is 6.25. The van der Waals surface area contributed by atoms with Crippen LogP contribution in [-0.2, 0) is 18.3 Å². The highest BCUT2D eigenvalue weighted by Gasteiger charge is 2.24. The summed E-state index contributed by atoms with van der Waals surface area (Å²) in [5.41, 5.74) is 3.04. The van der Waals surface area contributed by atoms with Crippen molar-refractivity contribution in [3.05, 3.63) is 30.0 Å². The lowest BCUT2D eigenvalue weighted by Gasteiger charge is -2.34. The van der Waals surface area contributed by atoms with Gasteiger partial charge in [-0.25, -0.2) is 9.97 Å². The van der Waals surface area contributed by atoms with Crippen molar-refractivity contribution in [2.24, 2.45) is 7.05 Å². The molecule has 0 aromatic carbocycles. The Morgan fingerprint density at radius 1 is 1.29 bits per heavy atom. The van der Waals surface area contributed by atoms with Gasteiger partial charge in [0.2, 0.25) is 0 Å². The van der Waals surface area contributed by atoms with E-state index in [1.807, 2.05) is 24.9 Å². The van der Waals surface area contributed by atoms with Crippen LogP contribution in [0.1, 0.15) is 11.4 Å². The number of ether oxygens (including phenoxy) is 1. The molecule has 0 aliphatic carbocycles. The Morgan fingerprint density at radius 2 is 2.17 bits per heavy atom. The van der Waals surface area contributed by atoms with E-state index in [0.717, 1.165) is 47.9 Å². The molecule has 8 nitrogen and oxygen atoms in total. The fourth-order valence-corrected chi connectivity index (χ4v) is 3.28. The molecule has 4 heterocycles. The van der Waals surface area contributed by atoms with Crippen LogP contribution in [0.25, 0.3) is 11.0 Å². The molecule has 1 fully saturated rings. The number of anilines is 1. The minimum Gasteiger partial charge on any atom is -0.373 e. The minimum absolute atomic E-state index is 0.0819. The average Bonchev–Trinajstić information content (AvgIpc) is 3.10. The van der Waals surface area contributed by atoms with Crippen LogP contribution in [0.3, 0.4) is 0 Å². The summed E-state index contributed by atoms with van der Waals surface area (Å²) in [4.78, 5) is 11.1. The van der Waals surface area contributed by atoms with E-state index in [0.29, 0.717) is 6.61 Å². The number of fused-ring (bicyclic) bond motifs is 1. The zero-order chi connectivity index (χ0) is 16.7. The van der Waals surface area contributed by atoms with Gasteiger partial charge in [-0.2, -0.15) is 10.2 Å². The topological polar surface area (TPSA) is 73.9 Å². The predicted octanol–water partition coefficient (Wildman–Crippen LogP) is 1.08. The Hall–Kier alpha value is -2.48. The molecule has 4 rings (SSSR count). The lowest BCUT2D eigenvalue weighted by molar-refractivity contribution is 0.0268. The van der Waals surface area contributed by atoms with Crippen LogP contribution < -0.4 is 4.90 Å². The van der Waals surface area contributed by atoms with E-state index < -0.39 is 0 Å². The molecule has 1 saturated heterocycles. The molecular formula is C16H21N7O. The van der Waals surface area contributed by atoms with E-state index in [1.54, 1.807) is 11.0 Å². The highest BCUT2D eigenvalue weighted by molar-refractivity contribution is 5.86. The van der Waals surface area contributed by atoms with Gasteiger partial charge in [-0.3, -0.25) is 9.36 Å². The molecule has 0 amide bonds. The monoisotopic (exact) mass is 327 g/mol. The molecule has 0 unspecified atom stereocenters. The molecule has 0 saturated carbocycles. The highest BCUT2D eigenvalue weighted by atomic mass is 16.5. The third kappa shape index (κ3) is 2.62. The SMILES string of the molecule is Cc1cc(C)n(C[C@H]2CN(c3ncnc4c3cnn4C)CCO2)n1. The lowest BCUT2D eigenvalue weighted by Crippen LogP contribution is -2.45. The Kier molecular flexibility index (Phi) is 3.68. The van der Waals surface area contributed by atoms with Crippen LogP contribution in [-0.4, -0.2) is 55.3 Å². The van der Waals surface area contributed by atoms with Gasteiger partial charge in [0.25, 0.3) is 0 Å². The van der Waals surface area contributed by atoms with Crippen molar-refractivity contribution >= 4 is 16.9 Å². The van der Waals surface area contributed by atoms with E-state index >= 15 is 0 Å².